The van der Waals surface area contributed by atoms with Crippen molar-refractivity contribution in [3.05, 3.63) is 23.8 Å². The molecule has 0 saturated carbocycles. The Morgan fingerprint density at radius 2 is 2.20 bits per heavy atom. The number of ether oxygens (including phenoxy) is 2. The summed E-state index contributed by atoms with van der Waals surface area (Å²) in [7, 11) is 1.63. The molecule has 0 amide bonds. The lowest BCUT2D eigenvalue weighted by atomic mass is 9.97. The summed E-state index contributed by atoms with van der Waals surface area (Å²) in [5, 5.41) is 9.86. The van der Waals surface area contributed by atoms with Crippen molar-refractivity contribution in [1.29, 1.82) is 0 Å². The highest BCUT2D eigenvalue weighted by Gasteiger charge is 2.34. The van der Waals surface area contributed by atoms with Crippen LogP contribution in [0.5, 0.6) is 11.5 Å². The van der Waals surface area contributed by atoms with Gasteiger partial charge in [-0.3, -0.25) is 0 Å². The summed E-state index contributed by atoms with van der Waals surface area (Å²) < 4.78 is 10.8. The molecule has 0 aromatic heterocycles. The molecule has 0 aliphatic carbocycles. The molecule has 1 aromatic carbocycles. The first-order valence-corrected chi connectivity index (χ1v) is 5.06. The van der Waals surface area contributed by atoms with E-state index in [2.05, 4.69) is 0 Å². The SMILES string of the molecule is COc1ccc2c(c1)O[C@H](C(C)(C)O)C2. The molecule has 0 radical (unpaired) electrons. The van der Waals surface area contributed by atoms with Gasteiger partial charge in [0.1, 0.15) is 17.6 Å². The minimum atomic E-state index is -0.813. The van der Waals surface area contributed by atoms with E-state index in [0.717, 1.165) is 23.5 Å². The van der Waals surface area contributed by atoms with E-state index in [0.29, 0.717) is 0 Å². The highest BCUT2D eigenvalue weighted by atomic mass is 16.5. The van der Waals surface area contributed by atoms with Crippen molar-refractivity contribution in [2.75, 3.05) is 7.11 Å². The highest BCUT2D eigenvalue weighted by Crippen LogP contribution is 2.35. The molecule has 1 aliphatic heterocycles. The smallest absolute Gasteiger partial charge is 0.131 e. The van der Waals surface area contributed by atoms with Crippen LogP contribution in [0.3, 0.4) is 0 Å². The average Bonchev–Trinajstić information content (AvgIpc) is 2.59. The van der Waals surface area contributed by atoms with E-state index in [1.54, 1.807) is 21.0 Å². The topological polar surface area (TPSA) is 38.7 Å². The molecule has 82 valence electrons. The second-order valence-corrected chi connectivity index (χ2v) is 4.44. The zero-order chi connectivity index (χ0) is 11.1. The van der Waals surface area contributed by atoms with Gasteiger partial charge in [0.15, 0.2) is 0 Å². The molecule has 1 heterocycles. The largest absolute Gasteiger partial charge is 0.497 e. The predicted octanol–water partition coefficient (Wildman–Crippen LogP) is 1.77. The predicted molar refractivity (Wildman–Crippen MR) is 57.4 cm³/mol. The maximum absolute atomic E-state index is 9.86. The summed E-state index contributed by atoms with van der Waals surface area (Å²) >= 11 is 0. The van der Waals surface area contributed by atoms with Gasteiger partial charge in [0, 0.05) is 12.5 Å². The quantitative estimate of drug-likeness (QED) is 0.805. The molecule has 15 heavy (non-hydrogen) atoms. The zero-order valence-electron chi connectivity index (χ0n) is 9.28. The molecule has 3 nitrogen and oxygen atoms in total. The first-order chi connectivity index (χ1) is 7.00. The third-order valence-electron chi connectivity index (χ3n) is 2.74. The van der Waals surface area contributed by atoms with Gasteiger partial charge in [0.05, 0.1) is 12.7 Å². The van der Waals surface area contributed by atoms with Crippen LogP contribution in [0.2, 0.25) is 0 Å². The van der Waals surface area contributed by atoms with E-state index in [4.69, 9.17) is 9.47 Å². The average molecular weight is 208 g/mol. The Hall–Kier alpha value is -1.22. The Labute approximate surface area is 89.6 Å². The molecular weight excluding hydrogens is 192 g/mol. The van der Waals surface area contributed by atoms with Gasteiger partial charge < -0.3 is 14.6 Å². The molecule has 0 saturated heterocycles. The Balaban J connectivity index is 2.24. The summed E-state index contributed by atoms with van der Waals surface area (Å²) in [5.74, 6) is 1.60. The van der Waals surface area contributed by atoms with E-state index in [9.17, 15) is 5.11 Å². The lowest BCUT2D eigenvalue weighted by molar-refractivity contribution is -0.0230. The number of rotatable bonds is 2. The number of benzene rings is 1. The second kappa shape index (κ2) is 3.42. The second-order valence-electron chi connectivity index (χ2n) is 4.44. The summed E-state index contributed by atoms with van der Waals surface area (Å²) in [4.78, 5) is 0. The van der Waals surface area contributed by atoms with E-state index in [1.807, 2.05) is 18.2 Å². The van der Waals surface area contributed by atoms with Crippen LogP contribution < -0.4 is 9.47 Å². The monoisotopic (exact) mass is 208 g/mol. The Kier molecular flexibility index (Phi) is 2.35. The van der Waals surface area contributed by atoms with E-state index < -0.39 is 5.60 Å². The molecule has 1 aliphatic rings. The van der Waals surface area contributed by atoms with Gasteiger partial charge in [-0.2, -0.15) is 0 Å². The number of fused-ring (bicyclic) bond motifs is 1. The zero-order valence-corrected chi connectivity index (χ0v) is 9.28. The normalized spacial score (nSPS) is 19.6. The summed E-state index contributed by atoms with van der Waals surface area (Å²) in [6, 6.07) is 5.76. The van der Waals surface area contributed by atoms with Gasteiger partial charge in [-0.1, -0.05) is 6.07 Å². The third-order valence-corrected chi connectivity index (χ3v) is 2.74. The van der Waals surface area contributed by atoms with Crippen LogP contribution >= 0.6 is 0 Å². The molecule has 1 N–H and O–H groups in total. The van der Waals surface area contributed by atoms with E-state index >= 15 is 0 Å². The molecule has 2 rings (SSSR count). The first kappa shape index (κ1) is 10.3. The van der Waals surface area contributed by atoms with Gasteiger partial charge >= 0.3 is 0 Å². The molecule has 3 heteroatoms. The van der Waals surface area contributed by atoms with Gasteiger partial charge in [0.2, 0.25) is 0 Å². The Morgan fingerprint density at radius 3 is 2.80 bits per heavy atom. The molecule has 1 atom stereocenters. The van der Waals surface area contributed by atoms with Crippen LogP contribution in [0.1, 0.15) is 19.4 Å². The van der Waals surface area contributed by atoms with Crippen LogP contribution in [0, 0.1) is 0 Å². The summed E-state index contributed by atoms with van der Waals surface area (Å²) in [6.45, 7) is 3.53. The van der Waals surface area contributed by atoms with Gasteiger partial charge in [-0.25, -0.2) is 0 Å². The molecule has 0 spiro atoms. The maximum atomic E-state index is 9.86. The Bertz CT molecular complexity index is 366. The van der Waals surface area contributed by atoms with Crippen LogP contribution in [0.15, 0.2) is 18.2 Å². The molecule has 0 bridgehead atoms. The Morgan fingerprint density at radius 1 is 1.47 bits per heavy atom. The van der Waals surface area contributed by atoms with Crippen molar-refractivity contribution in [2.45, 2.75) is 32.0 Å². The molecule has 1 aromatic rings. The van der Waals surface area contributed by atoms with Crippen molar-refractivity contribution < 1.29 is 14.6 Å². The fourth-order valence-electron chi connectivity index (χ4n) is 1.73. The van der Waals surface area contributed by atoms with Crippen LogP contribution in [0.25, 0.3) is 0 Å². The lowest BCUT2D eigenvalue weighted by Gasteiger charge is -2.24. The first-order valence-electron chi connectivity index (χ1n) is 5.06. The molecule has 0 unspecified atom stereocenters. The summed E-state index contributed by atoms with van der Waals surface area (Å²) in [5.41, 5.74) is 0.314. The van der Waals surface area contributed by atoms with Crippen molar-refractivity contribution in [2.24, 2.45) is 0 Å². The standard InChI is InChI=1S/C12H16O3/c1-12(2,13)11-6-8-4-5-9(14-3)7-10(8)15-11/h4-5,7,11,13H,6H2,1-3H3/t11-/m0/s1. The van der Waals surface area contributed by atoms with Crippen molar-refractivity contribution in [3.63, 3.8) is 0 Å². The number of aliphatic hydroxyl groups is 1. The van der Waals surface area contributed by atoms with Gasteiger partial charge in [-0.15, -0.1) is 0 Å². The van der Waals surface area contributed by atoms with Crippen molar-refractivity contribution >= 4 is 0 Å². The number of hydrogen-bond donors (Lipinski definition) is 1. The van der Waals surface area contributed by atoms with Gasteiger partial charge in [-0.05, 0) is 25.5 Å². The van der Waals surface area contributed by atoms with Crippen LogP contribution in [0.4, 0.5) is 0 Å². The third kappa shape index (κ3) is 1.92. The highest BCUT2D eigenvalue weighted by molar-refractivity contribution is 5.44. The molecule has 0 fully saturated rings. The van der Waals surface area contributed by atoms with E-state index in [1.165, 1.54) is 0 Å². The molecular formula is C12H16O3. The fourth-order valence-corrected chi connectivity index (χ4v) is 1.73. The van der Waals surface area contributed by atoms with Crippen molar-refractivity contribution in [3.8, 4) is 11.5 Å². The minimum Gasteiger partial charge on any atom is -0.497 e. The van der Waals surface area contributed by atoms with Gasteiger partial charge in [0.25, 0.3) is 0 Å². The van der Waals surface area contributed by atoms with Crippen molar-refractivity contribution in [1.82, 2.24) is 0 Å². The van der Waals surface area contributed by atoms with Crippen LogP contribution in [-0.4, -0.2) is 23.9 Å². The van der Waals surface area contributed by atoms with Crippen LogP contribution in [-0.2, 0) is 6.42 Å². The maximum Gasteiger partial charge on any atom is 0.131 e. The minimum absolute atomic E-state index is 0.167. The van der Waals surface area contributed by atoms with E-state index in [-0.39, 0.29) is 6.10 Å². The lowest BCUT2D eigenvalue weighted by Crippen LogP contribution is -2.39. The summed E-state index contributed by atoms with van der Waals surface area (Å²) in [6.07, 6.45) is 0.586. The number of hydrogen-bond acceptors (Lipinski definition) is 3. The fraction of sp³-hybridized carbons (Fsp3) is 0.500. The number of methoxy groups -OCH3 is 1.